The van der Waals surface area contributed by atoms with Gasteiger partial charge in [0.1, 0.15) is 12.4 Å². The van der Waals surface area contributed by atoms with E-state index in [0.29, 0.717) is 25.1 Å². The van der Waals surface area contributed by atoms with Gasteiger partial charge in [0.05, 0.1) is 11.6 Å². The third-order valence-corrected chi connectivity index (χ3v) is 6.02. The number of carbonyl (C=O) groups excluding carboxylic acids is 1. The van der Waals surface area contributed by atoms with Crippen molar-refractivity contribution >= 4 is 11.9 Å². The number of carboxylic acids is 1. The van der Waals surface area contributed by atoms with Crippen LogP contribution in [-0.4, -0.2) is 47.1 Å². The number of para-hydroxylation sites is 1. The van der Waals surface area contributed by atoms with Crippen molar-refractivity contribution in [3.8, 4) is 5.75 Å². The molecule has 29 heavy (non-hydrogen) atoms. The van der Waals surface area contributed by atoms with E-state index >= 15 is 0 Å². The van der Waals surface area contributed by atoms with Gasteiger partial charge in [-0.3, -0.25) is 9.69 Å². The van der Waals surface area contributed by atoms with E-state index in [4.69, 9.17) is 9.84 Å². The highest BCUT2D eigenvalue weighted by Gasteiger charge is 2.48. The summed E-state index contributed by atoms with van der Waals surface area (Å²) in [4.78, 5) is 26.2. The van der Waals surface area contributed by atoms with Crippen LogP contribution in [-0.2, 0) is 11.3 Å². The number of hydrogen-bond acceptors (Lipinski definition) is 4. The summed E-state index contributed by atoms with van der Waals surface area (Å²) in [5, 5.41) is 12.0. The van der Waals surface area contributed by atoms with Gasteiger partial charge in [0, 0.05) is 19.1 Å². The second-order valence-electron chi connectivity index (χ2n) is 7.79. The normalized spacial score (nSPS) is 23.1. The van der Waals surface area contributed by atoms with Crippen LogP contribution in [0.15, 0.2) is 54.6 Å². The number of piperidine rings is 1. The Morgan fingerprint density at radius 2 is 1.83 bits per heavy atom. The smallest absolute Gasteiger partial charge is 0.335 e. The molecule has 1 aliphatic carbocycles. The summed E-state index contributed by atoms with van der Waals surface area (Å²) in [6, 6.07) is 16.7. The molecule has 152 valence electrons. The van der Waals surface area contributed by atoms with Crippen LogP contribution in [0.4, 0.5) is 0 Å². The first kappa shape index (κ1) is 19.5. The molecule has 2 aromatic rings. The number of aromatic carboxylic acids is 1. The van der Waals surface area contributed by atoms with Crippen LogP contribution in [0.25, 0.3) is 0 Å². The number of fused-ring (bicyclic) bond motifs is 2. The standard InChI is InChI=1S/C23H26N2O4/c26-22(24-15-16-6-8-17(9-7-16)23(27)28)21-18-10-11-19(14-18)25(21)12-13-29-20-4-2-1-3-5-20/h1-9,18-19,21H,10-15H2,(H,24,26)(H,27,28)/t18-,19+,21-/m1/s1. The Bertz CT molecular complexity index is 853. The predicted molar refractivity (Wildman–Crippen MR) is 109 cm³/mol. The average molecular weight is 394 g/mol. The molecule has 1 saturated carbocycles. The van der Waals surface area contributed by atoms with Crippen molar-refractivity contribution in [1.82, 2.24) is 10.2 Å². The topological polar surface area (TPSA) is 78.9 Å². The molecule has 0 spiro atoms. The van der Waals surface area contributed by atoms with E-state index in [-0.39, 0.29) is 17.5 Å². The van der Waals surface area contributed by atoms with Crippen molar-refractivity contribution in [2.24, 2.45) is 5.92 Å². The summed E-state index contributed by atoms with van der Waals surface area (Å²) < 4.78 is 5.84. The van der Waals surface area contributed by atoms with Gasteiger partial charge >= 0.3 is 5.97 Å². The Morgan fingerprint density at radius 1 is 1.07 bits per heavy atom. The number of carbonyl (C=O) groups is 2. The third-order valence-electron chi connectivity index (χ3n) is 6.02. The van der Waals surface area contributed by atoms with Gasteiger partial charge in [-0.1, -0.05) is 30.3 Å². The molecule has 2 N–H and O–H groups in total. The van der Waals surface area contributed by atoms with E-state index in [1.165, 1.54) is 0 Å². The molecule has 0 radical (unpaired) electrons. The largest absolute Gasteiger partial charge is 0.492 e. The zero-order valence-electron chi connectivity index (χ0n) is 16.3. The molecule has 4 rings (SSSR count). The molecule has 2 aliphatic rings. The van der Waals surface area contributed by atoms with Crippen LogP contribution in [0.3, 0.4) is 0 Å². The maximum atomic E-state index is 12.9. The number of nitrogens with zero attached hydrogens (tertiary/aromatic N) is 1. The molecule has 2 fully saturated rings. The molecule has 2 bridgehead atoms. The first-order valence-corrected chi connectivity index (χ1v) is 10.2. The predicted octanol–water partition coefficient (Wildman–Crippen LogP) is 2.93. The van der Waals surface area contributed by atoms with Gasteiger partial charge in [-0.15, -0.1) is 0 Å². The highest BCUT2D eigenvalue weighted by atomic mass is 16.5. The molecular formula is C23H26N2O4. The first-order valence-electron chi connectivity index (χ1n) is 10.2. The Labute approximate surface area is 170 Å². The average Bonchev–Trinajstić information content (AvgIpc) is 3.35. The molecule has 1 aliphatic heterocycles. The van der Waals surface area contributed by atoms with Gasteiger partial charge in [-0.05, 0) is 55.0 Å². The zero-order valence-corrected chi connectivity index (χ0v) is 16.3. The van der Waals surface area contributed by atoms with Crippen molar-refractivity contribution < 1.29 is 19.4 Å². The number of rotatable bonds is 8. The van der Waals surface area contributed by atoms with Crippen LogP contribution >= 0.6 is 0 Å². The molecular weight excluding hydrogens is 368 g/mol. The van der Waals surface area contributed by atoms with Crippen molar-refractivity contribution in [1.29, 1.82) is 0 Å². The van der Waals surface area contributed by atoms with E-state index in [1.807, 2.05) is 30.3 Å². The summed E-state index contributed by atoms with van der Waals surface area (Å²) in [5.74, 6) is 0.365. The van der Waals surface area contributed by atoms with E-state index in [1.54, 1.807) is 24.3 Å². The van der Waals surface area contributed by atoms with Gasteiger partial charge in [0.25, 0.3) is 0 Å². The van der Waals surface area contributed by atoms with Gasteiger partial charge in [-0.25, -0.2) is 4.79 Å². The number of hydrogen-bond donors (Lipinski definition) is 2. The first-order chi connectivity index (χ1) is 14.1. The summed E-state index contributed by atoms with van der Waals surface area (Å²) >= 11 is 0. The summed E-state index contributed by atoms with van der Waals surface area (Å²) in [6.07, 6.45) is 3.33. The molecule has 3 atom stereocenters. The van der Waals surface area contributed by atoms with Crippen LogP contribution < -0.4 is 10.1 Å². The SMILES string of the molecule is O=C(O)c1ccc(CNC(=O)[C@H]2[C@@H]3CC[C@@H](C3)N2CCOc2ccccc2)cc1. The summed E-state index contributed by atoms with van der Waals surface area (Å²) in [6.45, 7) is 1.70. The van der Waals surface area contributed by atoms with Crippen LogP contribution in [0.2, 0.25) is 0 Å². The minimum absolute atomic E-state index is 0.0548. The van der Waals surface area contributed by atoms with Crippen LogP contribution in [0.5, 0.6) is 5.75 Å². The number of amides is 1. The molecule has 1 amide bonds. The Morgan fingerprint density at radius 3 is 2.55 bits per heavy atom. The van der Waals surface area contributed by atoms with Crippen molar-refractivity contribution in [2.75, 3.05) is 13.2 Å². The fourth-order valence-electron chi connectivity index (χ4n) is 4.61. The molecule has 1 saturated heterocycles. The number of benzene rings is 2. The molecule has 1 heterocycles. The number of nitrogens with one attached hydrogen (secondary N) is 1. The number of carboxylic acid groups (broad SMARTS) is 1. The Kier molecular flexibility index (Phi) is 5.81. The Balaban J connectivity index is 1.32. The minimum Gasteiger partial charge on any atom is -0.492 e. The van der Waals surface area contributed by atoms with Gasteiger partial charge < -0.3 is 15.2 Å². The number of ether oxygens (including phenoxy) is 1. The number of likely N-dealkylation sites (tertiary alicyclic amines) is 1. The zero-order chi connectivity index (χ0) is 20.2. The lowest BCUT2D eigenvalue weighted by Crippen LogP contribution is -2.51. The molecule has 0 unspecified atom stereocenters. The molecule has 0 aromatic heterocycles. The second kappa shape index (κ2) is 8.66. The molecule has 6 nitrogen and oxygen atoms in total. The van der Waals surface area contributed by atoms with Crippen LogP contribution in [0.1, 0.15) is 35.2 Å². The van der Waals surface area contributed by atoms with Crippen molar-refractivity contribution in [3.05, 3.63) is 65.7 Å². The Hall–Kier alpha value is -2.86. The maximum Gasteiger partial charge on any atom is 0.335 e. The lowest BCUT2D eigenvalue weighted by atomic mass is 9.97. The van der Waals surface area contributed by atoms with Crippen LogP contribution in [0, 0.1) is 5.92 Å². The maximum absolute atomic E-state index is 12.9. The lowest BCUT2D eigenvalue weighted by Gasteiger charge is -2.34. The van der Waals surface area contributed by atoms with Crippen molar-refractivity contribution in [2.45, 2.75) is 37.9 Å². The fourth-order valence-corrected chi connectivity index (χ4v) is 4.61. The highest BCUT2D eigenvalue weighted by molar-refractivity contribution is 5.87. The molecule has 2 aromatic carbocycles. The van der Waals surface area contributed by atoms with E-state index in [0.717, 1.165) is 37.1 Å². The third kappa shape index (κ3) is 4.43. The summed E-state index contributed by atoms with van der Waals surface area (Å²) in [7, 11) is 0. The van der Waals surface area contributed by atoms with Gasteiger partial charge in [0.2, 0.25) is 5.91 Å². The van der Waals surface area contributed by atoms with E-state index < -0.39 is 5.97 Å². The lowest BCUT2D eigenvalue weighted by molar-refractivity contribution is -0.128. The molecule has 6 heteroatoms. The van der Waals surface area contributed by atoms with E-state index in [2.05, 4.69) is 10.2 Å². The monoisotopic (exact) mass is 394 g/mol. The van der Waals surface area contributed by atoms with E-state index in [9.17, 15) is 9.59 Å². The fraction of sp³-hybridized carbons (Fsp3) is 0.391. The van der Waals surface area contributed by atoms with Crippen molar-refractivity contribution in [3.63, 3.8) is 0 Å². The second-order valence-corrected chi connectivity index (χ2v) is 7.79. The van der Waals surface area contributed by atoms with Gasteiger partial charge in [0.15, 0.2) is 0 Å². The summed E-state index contributed by atoms with van der Waals surface area (Å²) in [5.41, 5.74) is 1.14. The van der Waals surface area contributed by atoms with Gasteiger partial charge in [-0.2, -0.15) is 0 Å². The minimum atomic E-state index is -0.948. The highest BCUT2D eigenvalue weighted by Crippen LogP contribution is 2.42. The quantitative estimate of drug-likeness (QED) is 0.720.